The molecule has 5 nitrogen and oxygen atoms in total. The summed E-state index contributed by atoms with van der Waals surface area (Å²) >= 11 is 0. The van der Waals surface area contributed by atoms with E-state index in [9.17, 15) is 4.79 Å². The fourth-order valence-corrected chi connectivity index (χ4v) is 1.73. The highest BCUT2D eigenvalue weighted by molar-refractivity contribution is 5.92. The average Bonchev–Trinajstić information content (AvgIpc) is 2.48. The second-order valence-electron chi connectivity index (χ2n) is 4.37. The van der Waals surface area contributed by atoms with Crippen molar-refractivity contribution in [1.82, 2.24) is 0 Å². The number of ether oxygens (including phenoxy) is 2. The number of carbonyl (C=O) groups excluding carboxylic acids is 1. The lowest BCUT2D eigenvalue weighted by Gasteiger charge is -2.09. The van der Waals surface area contributed by atoms with Crippen molar-refractivity contribution in [2.24, 2.45) is 0 Å². The number of rotatable bonds is 6. The number of nitrogen functional groups attached to an aromatic ring is 1. The van der Waals surface area contributed by atoms with Gasteiger partial charge in [-0.1, -0.05) is 6.07 Å². The zero-order chi connectivity index (χ0) is 15.1. The first-order valence-electron chi connectivity index (χ1n) is 6.68. The second-order valence-corrected chi connectivity index (χ2v) is 4.37. The Bertz CT molecular complexity index is 597. The van der Waals surface area contributed by atoms with Crippen molar-refractivity contribution in [1.29, 1.82) is 0 Å². The van der Waals surface area contributed by atoms with Gasteiger partial charge in [0.15, 0.2) is 6.61 Å². The van der Waals surface area contributed by atoms with Crippen LogP contribution in [0.3, 0.4) is 0 Å². The molecule has 21 heavy (non-hydrogen) atoms. The van der Waals surface area contributed by atoms with Gasteiger partial charge in [-0.25, -0.2) is 0 Å². The highest BCUT2D eigenvalue weighted by Gasteiger charge is 2.04. The van der Waals surface area contributed by atoms with E-state index in [2.05, 4.69) is 5.32 Å². The highest BCUT2D eigenvalue weighted by atomic mass is 16.5. The molecule has 0 aliphatic heterocycles. The molecule has 0 aliphatic carbocycles. The lowest BCUT2D eigenvalue weighted by Crippen LogP contribution is -2.20. The smallest absolute Gasteiger partial charge is 0.262 e. The first-order chi connectivity index (χ1) is 10.2. The molecular weight excluding hydrogens is 268 g/mol. The molecule has 0 bridgehead atoms. The van der Waals surface area contributed by atoms with Crippen LogP contribution < -0.4 is 20.5 Å². The zero-order valence-electron chi connectivity index (χ0n) is 11.8. The maximum atomic E-state index is 11.8. The normalized spacial score (nSPS) is 9.95. The van der Waals surface area contributed by atoms with Gasteiger partial charge in [-0.2, -0.15) is 0 Å². The van der Waals surface area contributed by atoms with Crippen LogP contribution in [-0.2, 0) is 4.79 Å². The molecule has 0 unspecified atom stereocenters. The molecule has 0 heterocycles. The minimum Gasteiger partial charge on any atom is -0.494 e. The minimum atomic E-state index is -0.235. The second kappa shape index (κ2) is 7.19. The predicted octanol–water partition coefficient (Wildman–Crippen LogP) is 2.69. The van der Waals surface area contributed by atoms with E-state index in [4.69, 9.17) is 15.2 Å². The lowest BCUT2D eigenvalue weighted by atomic mass is 10.3. The molecule has 2 aromatic rings. The zero-order valence-corrected chi connectivity index (χ0v) is 11.8. The first kappa shape index (κ1) is 14.7. The lowest BCUT2D eigenvalue weighted by molar-refractivity contribution is -0.118. The van der Waals surface area contributed by atoms with Gasteiger partial charge < -0.3 is 20.5 Å². The van der Waals surface area contributed by atoms with Gasteiger partial charge in [-0.05, 0) is 43.3 Å². The Hall–Kier alpha value is -2.69. The summed E-state index contributed by atoms with van der Waals surface area (Å²) in [5.41, 5.74) is 6.91. The molecule has 0 saturated carbocycles. The molecule has 5 heteroatoms. The Balaban J connectivity index is 1.86. The van der Waals surface area contributed by atoms with Crippen LogP contribution in [0.2, 0.25) is 0 Å². The Morgan fingerprint density at radius 3 is 2.43 bits per heavy atom. The van der Waals surface area contributed by atoms with Gasteiger partial charge in [0, 0.05) is 17.4 Å². The van der Waals surface area contributed by atoms with E-state index in [-0.39, 0.29) is 12.5 Å². The first-order valence-corrected chi connectivity index (χ1v) is 6.68. The van der Waals surface area contributed by atoms with E-state index in [1.54, 1.807) is 36.4 Å². The molecule has 0 aliphatic rings. The average molecular weight is 286 g/mol. The minimum absolute atomic E-state index is 0.0695. The van der Waals surface area contributed by atoms with Crippen LogP contribution in [0.15, 0.2) is 48.5 Å². The SMILES string of the molecule is CCOc1cccc(OCC(=O)Nc2ccc(N)cc2)c1. The number of nitrogens with one attached hydrogen (secondary N) is 1. The molecule has 0 spiro atoms. The Morgan fingerprint density at radius 2 is 1.76 bits per heavy atom. The molecule has 0 atom stereocenters. The van der Waals surface area contributed by atoms with Crippen LogP contribution in [0, 0.1) is 0 Å². The van der Waals surface area contributed by atoms with E-state index in [0.29, 0.717) is 29.5 Å². The molecule has 0 radical (unpaired) electrons. The van der Waals surface area contributed by atoms with Crippen LogP contribution in [0.1, 0.15) is 6.92 Å². The van der Waals surface area contributed by atoms with E-state index >= 15 is 0 Å². The van der Waals surface area contributed by atoms with E-state index in [1.165, 1.54) is 0 Å². The standard InChI is InChI=1S/C16H18N2O3/c1-2-20-14-4-3-5-15(10-14)21-11-16(19)18-13-8-6-12(17)7-9-13/h3-10H,2,11,17H2,1H3,(H,18,19). The highest BCUT2D eigenvalue weighted by Crippen LogP contribution is 2.19. The van der Waals surface area contributed by atoms with Gasteiger partial charge >= 0.3 is 0 Å². The van der Waals surface area contributed by atoms with Gasteiger partial charge in [0.1, 0.15) is 11.5 Å². The molecule has 3 N–H and O–H groups in total. The molecule has 0 aromatic heterocycles. The fraction of sp³-hybridized carbons (Fsp3) is 0.188. The van der Waals surface area contributed by atoms with Crippen molar-refractivity contribution in [2.75, 3.05) is 24.3 Å². The van der Waals surface area contributed by atoms with Crippen molar-refractivity contribution in [3.63, 3.8) is 0 Å². The van der Waals surface area contributed by atoms with Crippen molar-refractivity contribution in [3.8, 4) is 11.5 Å². The predicted molar refractivity (Wildman–Crippen MR) is 82.6 cm³/mol. The van der Waals surface area contributed by atoms with E-state index in [0.717, 1.165) is 0 Å². The maximum Gasteiger partial charge on any atom is 0.262 e. The summed E-state index contributed by atoms with van der Waals surface area (Å²) in [5, 5.41) is 2.73. The van der Waals surface area contributed by atoms with Crippen LogP contribution in [0.4, 0.5) is 11.4 Å². The van der Waals surface area contributed by atoms with Crippen molar-refractivity contribution < 1.29 is 14.3 Å². The van der Waals surface area contributed by atoms with Crippen molar-refractivity contribution in [3.05, 3.63) is 48.5 Å². The number of nitrogens with two attached hydrogens (primary N) is 1. The summed E-state index contributed by atoms with van der Waals surface area (Å²) in [7, 11) is 0. The molecule has 110 valence electrons. The number of carbonyl (C=O) groups is 1. The van der Waals surface area contributed by atoms with Crippen LogP contribution in [-0.4, -0.2) is 19.1 Å². The third-order valence-electron chi connectivity index (χ3n) is 2.68. The quantitative estimate of drug-likeness (QED) is 0.801. The van der Waals surface area contributed by atoms with Gasteiger partial charge in [0.05, 0.1) is 6.61 Å². The number of amides is 1. The third kappa shape index (κ3) is 4.72. The summed E-state index contributed by atoms with van der Waals surface area (Å²) in [6.45, 7) is 2.43. The Kier molecular flexibility index (Phi) is 5.04. The molecule has 2 rings (SSSR count). The van der Waals surface area contributed by atoms with Crippen LogP contribution in [0.25, 0.3) is 0 Å². The van der Waals surface area contributed by atoms with E-state index < -0.39 is 0 Å². The maximum absolute atomic E-state index is 11.8. The Labute approximate surface area is 123 Å². The van der Waals surface area contributed by atoms with Gasteiger partial charge in [-0.15, -0.1) is 0 Å². The number of hydrogen-bond acceptors (Lipinski definition) is 4. The third-order valence-corrected chi connectivity index (χ3v) is 2.68. The van der Waals surface area contributed by atoms with Gasteiger partial charge in [-0.3, -0.25) is 4.79 Å². The van der Waals surface area contributed by atoms with E-state index in [1.807, 2.05) is 19.1 Å². The summed E-state index contributed by atoms with van der Waals surface area (Å²) in [6, 6.07) is 14.1. The number of benzene rings is 2. The van der Waals surface area contributed by atoms with Crippen molar-refractivity contribution >= 4 is 17.3 Å². The summed E-state index contributed by atoms with van der Waals surface area (Å²) in [4.78, 5) is 11.8. The van der Waals surface area contributed by atoms with Crippen LogP contribution >= 0.6 is 0 Å². The largest absolute Gasteiger partial charge is 0.494 e. The molecule has 2 aromatic carbocycles. The Morgan fingerprint density at radius 1 is 1.10 bits per heavy atom. The summed E-state index contributed by atoms with van der Waals surface area (Å²) in [6.07, 6.45) is 0. The van der Waals surface area contributed by atoms with Gasteiger partial charge in [0.25, 0.3) is 5.91 Å². The van der Waals surface area contributed by atoms with Crippen molar-refractivity contribution in [2.45, 2.75) is 6.92 Å². The fourth-order valence-electron chi connectivity index (χ4n) is 1.73. The van der Waals surface area contributed by atoms with Gasteiger partial charge in [0.2, 0.25) is 0 Å². The topological polar surface area (TPSA) is 73.6 Å². The molecular formula is C16H18N2O3. The molecule has 1 amide bonds. The molecule has 0 fully saturated rings. The summed E-state index contributed by atoms with van der Waals surface area (Å²) < 4.78 is 10.8. The summed E-state index contributed by atoms with van der Waals surface area (Å²) in [5.74, 6) is 1.07. The monoisotopic (exact) mass is 286 g/mol. The number of hydrogen-bond donors (Lipinski definition) is 2. The molecule has 0 saturated heterocycles. The van der Waals surface area contributed by atoms with Crippen LogP contribution in [0.5, 0.6) is 11.5 Å². The number of anilines is 2.